The fraction of sp³-hybridized carbons (Fsp3) is 0.533. The number of nitrogens with two attached hydrogens (primary N) is 1. The Bertz CT molecular complexity index is 518. The summed E-state index contributed by atoms with van der Waals surface area (Å²) in [5.74, 6) is 0.265. The van der Waals surface area contributed by atoms with E-state index in [1.165, 1.54) is 17.5 Å². The highest BCUT2D eigenvalue weighted by Gasteiger charge is 2.28. The van der Waals surface area contributed by atoms with Crippen molar-refractivity contribution in [2.45, 2.75) is 26.4 Å². The van der Waals surface area contributed by atoms with Crippen LogP contribution in [0.3, 0.4) is 0 Å². The molecule has 0 aliphatic rings. The molecule has 1 rings (SSSR count). The largest absolute Gasteiger partial charge is 0.401 e. The summed E-state index contributed by atoms with van der Waals surface area (Å²) < 4.78 is 36.4. The zero-order chi connectivity index (χ0) is 16.8. The van der Waals surface area contributed by atoms with Crippen LogP contribution in [0.2, 0.25) is 0 Å². The van der Waals surface area contributed by atoms with Gasteiger partial charge in [-0.2, -0.15) is 13.2 Å². The van der Waals surface area contributed by atoms with Crippen LogP contribution in [0.15, 0.2) is 23.2 Å². The average Bonchev–Trinajstić information content (AvgIpc) is 2.37. The second-order valence-corrected chi connectivity index (χ2v) is 5.40. The van der Waals surface area contributed by atoms with E-state index in [1.54, 1.807) is 0 Å². The molecule has 4 nitrogen and oxygen atoms in total. The Hall–Kier alpha value is -1.03. The molecule has 0 aliphatic heterocycles. The van der Waals surface area contributed by atoms with Gasteiger partial charge in [0, 0.05) is 12.2 Å². The number of anilines is 1. The molecule has 132 valence electrons. The minimum Gasteiger partial charge on any atom is -0.370 e. The van der Waals surface area contributed by atoms with Gasteiger partial charge in [0.05, 0.1) is 6.54 Å². The van der Waals surface area contributed by atoms with Crippen LogP contribution >= 0.6 is 24.0 Å². The first-order chi connectivity index (χ1) is 10.2. The summed E-state index contributed by atoms with van der Waals surface area (Å²) in [6.45, 7) is 3.82. The van der Waals surface area contributed by atoms with Gasteiger partial charge in [0.15, 0.2) is 5.96 Å². The highest BCUT2D eigenvalue weighted by molar-refractivity contribution is 14.0. The molecule has 0 amide bonds. The van der Waals surface area contributed by atoms with E-state index in [4.69, 9.17) is 5.73 Å². The molecule has 0 aromatic heterocycles. The van der Waals surface area contributed by atoms with Crippen molar-refractivity contribution >= 4 is 35.6 Å². The van der Waals surface area contributed by atoms with Crippen molar-refractivity contribution in [3.63, 3.8) is 0 Å². The summed E-state index contributed by atoms with van der Waals surface area (Å²) in [6.07, 6.45) is -3.65. The molecular weight excluding hydrogens is 420 g/mol. The van der Waals surface area contributed by atoms with Crippen LogP contribution in [0.4, 0.5) is 18.9 Å². The molecule has 8 heteroatoms. The first kappa shape index (κ1) is 22.0. The average molecular weight is 444 g/mol. The normalized spacial score (nSPS) is 12.2. The van der Waals surface area contributed by atoms with Crippen LogP contribution in [-0.2, 0) is 0 Å². The maximum atomic E-state index is 12.1. The zero-order valence-corrected chi connectivity index (χ0v) is 15.9. The lowest BCUT2D eigenvalue weighted by Gasteiger charge is -2.17. The van der Waals surface area contributed by atoms with E-state index >= 15 is 0 Å². The van der Waals surface area contributed by atoms with Crippen molar-refractivity contribution < 1.29 is 13.2 Å². The summed E-state index contributed by atoms with van der Waals surface area (Å²) in [6, 6.07) is 5.85. The number of hydrogen-bond donors (Lipinski definition) is 2. The topological polar surface area (TPSA) is 53.6 Å². The number of aliphatic imine (C=N–C) groups is 1. The van der Waals surface area contributed by atoms with Gasteiger partial charge < -0.3 is 11.1 Å². The fourth-order valence-corrected chi connectivity index (χ4v) is 1.93. The second-order valence-electron chi connectivity index (χ2n) is 5.40. The minimum atomic E-state index is -4.16. The van der Waals surface area contributed by atoms with Gasteiger partial charge in [-0.3, -0.25) is 9.89 Å². The number of rotatable bonds is 6. The Morgan fingerprint density at radius 1 is 1.26 bits per heavy atom. The van der Waals surface area contributed by atoms with Crippen LogP contribution in [0.25, 0.3) is 0 Å². The van der Waals surface area contributed by atoms with Crippen molar-refractivity contribution in [2.24, 2.45) is 10.7 Å². The Morgan fingerprint density at radius 3 is 2.48 bits per heavy atom. The van der Waals surface area contributed by atoms with Gasteiger partial charge in [0.25, 0.3) is 0 Å². The lowest BCUT2D eigenvalue weighted by molar-refractivity contribution is -0.143. The lowest BCUT2D eigenvalue weighted by atomic mass is 10.1. The molecule has 0 radical (unpaired) electrons. The van der Waals surface area contributed by atoms with Crippen molar-refractivity contribution in [1.82, 2.24) is 4.90 Å². The van der Waals surface area contributed by atoms with Crippen molar-refractivity contribution in [2.75, 3.05) is 32.0 Å². The first-order valence-electron chi connectivity index (χ1n) is 7.07. The second kappa shape index (κ2) is 9.96. The number of halogens is 4. The van der Waals surface area contributed by atoms with Gasteiger partial charge in [-0.15, -0.1) is 24.0 Å². The number of alkyl halides is 3. The van der Waals surface area contributed by atoms with Gasteiger partial charge in [-0.25, -0.2) is 0 Å². The van der Waals surface area contributed by atoms with E-state index in [1.807, 2.05) is 32.0 Å². The summed E-state index contributed by atoms with van der Waals surface area (Å²) in [5.41, 5.74) is 8.94. The molecule has 1 aromatic rings. The Morgan fingerprint density at radius 2 is 1.91 bits per heavy atom. The van der Waals surface area contributed by atoms with E-state index in [9.17, 15) is 13.2 Å². The van der Waals surface area contributed by atoms with Crippen LogP contribution in [0, 0.1) is 13.8 Å². The number of benzene rings is 1. The highest BCUT2D eigenvalue weighted by Crippen LogP contribution is 2.15. The fourth-order valence-electron chi connectivity index (χ4n) is 1.93. The number of aryl methyl sites for hydroxylation is 2. The van der Waals surface area contributed by atoms with Crippen LogP contribution in [0.5, 0.6) is 0 Å². The van der Waals surface area contributed by atoms with E-state index in [-0.39, 0.29) is 29.9 Å². The molecule has 0 atom stereocenters. The molecule has 0 unspecified atom stereocenters. The van der Waals surface area contributed by atoms with Crippen LogP contribution in [-0.4, -0.2) is 43.7 Å². The van der Waals surface area contributed by atoms with Crippen LogP contribution < -0.4 is 11.1 Å². The Labute approximate surface area is 152 Å². The molecule has 0 fully saturated rings. The van der Waals surface area contributed by atoms with Gasteiger partial charge in [0.2, 0.25) is 0 Å². The molecule has 0 bridgehead atoms. The standard InChI is InChI=1S/C15H23F3N4.HI/c1-11-5-6-13(9-12(11)2)21-14(19)20-7-4-8-22(3)10-15(16,17)18;/h5-6,9H,4,7-8,10H2,1-3H3,(H3,19,20,21);1H. The van der Waals surface area contributed by atoms with E-state index < -0.39 is 12.7 Å². The van der Waals surface area contributed by atoms with E-state index in [2.05, 4.69) is 10.3 Å². The third-order valence-corrected chi connectivity index (χ3v) is 3.21. The number of nitrogens with one attached hydrogen (secondary N) is 1. The predicted octanol–water partition coefficient (Wildman–Crippen LogP) is 3.53. The van der Waals surface area contributed by atoms with Gasteiger partial charge >= 0.3 is 6.18 Å². The predicted molar refractivity (Wildman–Crippen MR) is 99.6 cm³/mol. The number of hydrogen-bond acceptors (Lipinski definition) is 2. The Kier molecular flexibility index (Phi) is 9.52. The summed E-state index contributed by atoms with van der Waals surface area (Å²) in [5, 5.41) is 2.97. The summed E-state index contributed by atoms with van der Waals surface area (Å²) in [4.78, 5) is 5.34. The highest BCUT2D eigenvalue weighted by atomic mass is 127. The maximum Gasteiger partial charge on any atom is 0.401 e. The van der Waals surface area contributed by atoms with Crippen molar-refractivity contribution in [1.29, 1.82) is 0 Å². The lowest BCUT2D eigenvalue weighted by Crippen LogP contribution is -2.32. The maximum absolute atomic E-state index is 12.1. The molecule has 0 saturated heterocycles. The van der Waals surface area contributed by atoms with Gasteiger partial charge in [0.1, 0.15) is 0 Å². The quantitative estimate of drug-likeness (QED) is 0.306. The number of guanidine groups is 1. The molecular formula is C15H24F3IN4. The molecule has 3 N–H and O–H groups in total. The minimum absolute atomic E-state index is 0. The molecule has 23 heavy (non-hydrogen) atoms. The smallest absolute Gasteiger partial charge is 0.370 e. The molecule has 0 saturated carbocycles. The third-order valence-electron chi connectivity index (χ3n) is 3.21. The Balaban J connectivity index is 0.00000484. The molecule has 0 spiro atoms. The van der Waals surface area contributed by atoms with E-state index in [0.29, 0.717) is 19.5 Å². The zero-order valence-electron chi connectivity index (χ0n) is 13.6. The van der Waals surface area contributed by atoms with Crippen molar-refractivity contribution in [3.05, 3.63) is 29.3 Å². The molecule has 0 aliphatic carbocycles. The summed E-state index contributed by atoms with van der Waals surface area (Å²) in [7, 11) is 1.44. The third kappa shape index (κ3) is 9.65. The van der Waals surface area contributed by atoms with E-state index in [0.717, 1.165) is 11.3 Å². The molecule has 1 aromatic carbocycles. The SMILES string of the molecule is Cc1ccc(NC(N)=NCCCN(C)CC(F)(F)F)cc1C.I. The monoisotopic (exact) mass is 444 g/mol. The van der Waals surface area contributed by atoms with Gasteiger partial charge in [-0.1, -0.05) is 6.07 Å². The number of nitrogens with zero attached hydrogens (tertiary/aromatic N) is 2. The van der Waals surface area contributed by atoms with Crippen LogP contribution in [0.1, 0.15) is 17.5 Å². The van der Waals surface area contributed by atoms with Gasteiger partial charge in [-0.05, 0) is 57.1 Å². The molecule has 0 heterocycles. The van der Waals surface area contributed by atoms with Crippen molar-refractivity contribution in [3.8, 4) is 0 Å². The summed E-state index contributed by atoms with van der Waals surface area (Å²) >= 11 is 0. The first-order valence-corrected chi connectivity index (χ1v) is 7.07.